The molecule has 0 aromatic heterocycles. The van der Waals surface area contributed by atoms with E-state index in [4.69, 9.17) is 4.74 Å². The van der Waals surface area contributed by atoms with Crippen molar-refractivity contribution in [3.63, 3.8) is 0 Å². The van der Waals surface area contributed by atoms with Crippen LogP contribution in [-0.2, 0) is 19.1 Å². The number of rotatable bonds is 6. The highest BCUT2D eigenvalue weighted by molar-refractivity contribution is 6.00. The Morgan fingerprint density at radius 1 is 1.06 bits per heavy atom. The van der Waals surface area contributed by atoms with Gasteiger partial charge in [0.05, 0.1) is 30.6 Å². The first-order valence-corrected chi connectivity index (χ1v) is 13.9. The zero-order valence-electron chi connectivity index (χ0n) is 21.8. The molecule has 2 saturated heterocycles. The zero-order valence-corrected chi connectivity index (χ0v) is 21.8. The summed E-state index contributed by atoms with van der Waals surface area (Å²) in [5.41, 5.74) is -1.22. The highest BCUT2D eigenvalue weighted by Gasteiger charge is 2.72. The van der Waals surface area contributed by atoms with E-state index < -0.39 is 35.6 Å². The van der Waals surface area contributed by atoms with Crippen LogP contribution in [0.3, 0.4) is 0 Å². The predicted molar refractivity (Wildman–Crippen MR) is 135 cm³/mol. The molecule has 1 saturated carbocycles. The van der Waals surface area contributed by atoms with Crippen molar-refractivity contribution in [2.45, 2.75) is 89.1 Å². The molecule has 198 valence electrons. The number of fused-ring (bicyclic) bond motifs is 2. The summed E-state index contributed by atoms with van der Waals surface area (Å²) in [7, 11) is 0. The van der Waals surface area contributed by atoms with E-state index in [0.717, 1.165) is 32.1 Å². The van der Waals surface area contributed by atoms with Gasteiger partial charge in [-0.3, -0.25) is 14.4 Å². The molecule has 36 heavy (non-hydrogen) atoms. The van der Waals surface area contributed by atoms with E-state index in [-0.39, 0.29) is 36.3 Å². The smallest absolute Gasteiger partial charge is 0.249 e. The van der Waals surface area contributed by atoms with E-state index in [1.807, 2.05) is 50.0 Å². The molecule has 5 rings (SSSR count). The third-order valence-electron chi connectivity index (χ3n) is 9.03. The number of ether oxygens (including phenoxy) is 1. The number of hydrogen-bond donors (Lipinski definition) is 1. The predicted octanol–water partition coefficient (Wildman–Crippen LogP) is 2.12. The third-order valence-corrected chi connectivity index (χ3v) is 9.03. The van der Waals surface area contributed by atoms with Gasteiger partial charge in [0.15, 0.2) is 0 Å². The normalized spacial score (nSPS) is 35.7. The molecule has 4 heterocycles. The van der Waals surface area contributed by atoms with Crippen LogP contribution in [-0.4, -0.2) is 93.6 Å². The lowest BCUT2D eigenvalue weighted by Gasteiger charge is -2.42. The molecular weight excluding hydrogens is 458 g/mol. The van der Waals surface area contributed by atoms with Gasteiger partial charge in [0.25, 0.3) is 0 Å². The van der Waals surface area contributed by atoms with Crippen LogP contribution in [0.25, 0.3) is 0 Å². The van der Waals surface area contributed by atoms with Crippen LogP contribution in [0.2, 0.25) is 0 Å². The van der Waals surface area contributed by atoms with Gasteiger partial charge in [-0.25, -0.2) is 0 Å². The summed E-state index contributed by atoms with van der Waals surface area (Å²) < 4.78 is 6.71. The maximum absolute atomic E-state index is 14.4. The summed E-state index contributed by atoms with van der Waals surface area (Å²) in [5.74, 6) is -1.97. The Bertz CT molecular complexity index is 941. The largest absolute Gasteiger partial charge is 0.394 e. The van der Waals surface area contributed by atoms with Crippen molar-refractivity contribution in [2.24, 2.45) is 17.8 Å². The topological polar surface area (TPSA) is 90.4 Å². The molecule has 1 N–H and O–H groups in total. The fourth-order valence-corrected chi connectivity index (χ4v) is 7.32. The molecule has 1 spiro atoms. The zero-order chi connectivity index (χ0) is 25.6. The van der Waals surface area contributed by atoms with E-state index >= 15 is 0 Å². The van der Waals surface area contributed by atoms with Crippen molar-refractivity contribution in [3.8, 4) is 0 Å². The van der Waals surface area contributed by atoms with Crippen LogP contribution in [0.4, 0.5) is 0 Å². The standard InChI is InChI=1S/C28H41N3O5/c1-4-14-29-15-8-12-21-22(25(29)33)23-26(34)31(20(17-32)18(2)3)24-27(35)30(19-10-6-5-7-11-19)16-9-13-28(23,24)36-21/h8-9,12-13,18-24,32H,4-7,10-11,14-17H2,1-3H3/t20-,21-,22+,23-,24?,28-/m0/s1. The highest BCUT2D eigenvalue weighted by atomic mass is 16.5. The summed E-state index contributed by atoms with van der Waals surface area (Å²) in [4.78, 5) is 47.9. The molecule has 1 aliphatic carbocycles. The monoisotopic (exact) mass is 499 g/mol. The van der Waals surface area contributed by atoms with E-state index in [0.29, 0.717) is 19.6 Å². The summed E-state index contributed by atoms with van der Waals surface area (Å²) in [5, 5.41) is 10.4. The Balaban J connectivity index is 1.61. The van der Waals surface area contributed by atoms with Crippen LogP contribution in [0.5, 0.6) is 0 Å². The summed E-state index contributed by atoms with van der Waals surface area (Å²) in [6.07, 6.45) is 13.3. The quantitative estimate of drug-likeness (QED) is 0.566. The molecule has 0 aromatic rings. The minimum Gasteiger partial charge on any atom is -0.394 e. The lowest BCUT2D eigenvalue weighted by Crippen LogP contribution is -2.60. The minimum absolute atomic E-state index is 0.0601. The summed E-state index contributed by atoms with van der Waals surface area (Å²) in [6, 6.07) is -1.27. The fraction of sp³-hybridized carbons (Fsp3) is 0.750. The molecular formula is C28H41N3O5. The van der Waals surface area contributed by atoms with Gasteiger partial charge in [0, 0.05) is 25.7 Å². The third kappa shape index (κ3) is 3.83. The van der Waals surface area contributed by atoms with E-state index in [2.05, 4.69) is 0 Å². The lowest BCUT2D eigenvalue weighted by atomic mass is 9.77. The average molecular weight is 500 g/mol. The second kappa shape index (κ2) is 9.93. The number of likely N-dealkylation sites (tertiary alicyclic amines) is 1. The minimum atomic E-state index is -1.22. The van der Waals surface area contributed by atoms with Crippen molar-refractivity contribution in [1.29, 1.82) is 0 Å². The second-order valence-electron chi connectivity index (χ2n) is 11.5. The molecule has 1 unspecified atom stereocenters. The van der Waals surface area contributed by atoms with Gasteiger partial charge >= 0.3 is 0 Å². The summed E-state index contributed by atoms with van der Waals surface area (Å²) in [6.45, 7) is 7.29. The van der Waals surface area contributed by atoms with Gasteiger partial charge in [0.2, 0.25) is 17.7 Å². The van der Waals surface area contributed by atoms with Gasteiger partial charge in [-0.2, -0.15) is 0 Å². The molecule has 3 fully saturated rings. The molecule has 0 aromatic carbocycles. The van der Waals surface area contributed by atoms with E-state index in [1.54, 1.807) is 9.80 Å². The maximum Gasteiger partial charge on any atom is 0.249 e. The Morgan fingerprint density at radius 3 is 2.47 bits per heavy atom. The Morgan fingerprint density at radius 2 is 1.81 bits per heavy atom. The molecule has 0 bridgehead atoms. The summed E-state index contributed by atoms with van der Waals surface area (Å²) >= 11 is 0. The van der Waals surface area contributed by atoms with Crippen LogP contribution >= 0.6 is 0 Å². The second-order valence-corrected chi connectivity index (χ2v) is 11.5. The number of amides is 3. The fourth-order valence-electron chi connectivity index (χ4n) is 7.32. The lowest BCUT2D eigenvalue weighted by molar-refractivity contribution is -0.154. The Hall–Kier alpha value is -2.19. The Kier molecular flexibility index (Phi) is 7.03. The van der Waals surface area contributed by atoms with Crippen molar-refractivity contribution in [3.05, 3.63) is 24.3 Å². The Labute approximate surface area is 214 Å². The number of nitrogens with zero attached hydrogens (tertiary/aromatic N) is 3. The first-order chi connectivity index (χ1) is 17.4. The van der Waals surface area contributed by atoms with Gasteiger partial charge in [-0.05, 0) is 25.2 Å². The molecule has 5 aliphatic rings. The van der Waals surface area contributed by atoms with Crippen LogP contribution in [0, 0.1) is 17.8 Å². The molecule has 3 amide bonds. The number of aliphatic hydroxyl groups is 1. The van der Waals surface area contributed by atoms with Crippen LogP contribution in [0.1, 0.15) is 59.3 Å². The van der Waals surface area contributed by atoms with E-state index in [9.17, 15) is 19.5 Å². The van der Waals surface area contributed by atoms with Gasteiger partial charge < -0.3 is 24.5 Å². The maximum atomic E-state index is 14.4. The highest BCUT2D eigenvalue weighted by Crippen LogP contribution is 2.54. The molecule has 6 atom stereocenters. The molecule has 8 nitrogen and oxygen atoms in total. The van der Waals surface area contributed by atoms with Gasteiger partial charge in [-0.1, -0.05) is 64.3 Å². The number of hydrogen-bond acceptors (Lipinski definition) is 5. The number of carbonyl (C=O) groups is 3. The van der Waals surface area contributed by atoms with Gasteiger partial charge in [0.1, 0.15) is 11.6 Å². The van der Waals surface area contributed by atoms with Crippen molar-refractivity contribution in [1.82, 2.24) is 14.7 Å². The van der Waals surface area contributed by atoms with Crippen molar-refractivity contribution >= 4 is 17.7 Å². The molecule has 0 radical (unpaired) electrons. The average Bonchev–Trinajstić information content (AvgIpc) is 3.18. The molecule has 8 heteroatoms. The first kappa shape index (κ1) is 25.5. The van der Waals surface area contributed by atoms with Gasteiger partial charge in [-0.15, -0.1) is 0 Å². The first-order valence-electron chi connectivity index (χ1n) is 13.9. The van der Waals surface area contributed by atoms with E-state index in [1.165, 1.54) is 6.42 Å². The SMILES string of the molecule is CCCN1CC=C[C@@H]2O[C@]34C=CCN(C5CCCCC5)C(=O)C3N([C@@H](CO)C(C)C)C(=O)[C@@H]4[C@@H]2C1=O. The number of carbonyl (C=O) groups excluding carboxylic acids is 3. The van der Waals surface area contributed by atoms with Crippen molar-refractivity contribution < 1.29 is 24.2 Å². The van der Waals surface area contributed by atoms with Crippen LogP contribution in [0.15, 0.2) is 24.3 Å². The van der Waals surface area contributed by atoms with Crippen LogP contribution < -0.4 is 0 Å². The number of aliphatic hydroxyl groups excluding tert-OH is 1. The molecule has 4 aliphatic heterocycles. The van der Waals surface area contributed by atoms with Crippen molar-refractivity contribution in [2.75, 3.05) is 26.2 Å².